The van der Waals surface area contributed by atoms with E-state index in [9.17, 15) is 4.79 Å². The summed E-state index contributed by atoms with van der Waals surface area (Å²) in [5.41, 5.74) is 6.23. The lowest BCUT2D eigenvalue weighted by Crippen LogP contribution is -2.51. The summed E-state index contributed by atoms with van der Waals surface area (Å²) in [6.45, 7) is 1.05. The summed E-state index contributed by atoms with van der Waals surface area (Å²) in [5.74, 6) is -0.0989. The number of rotatable bonds is 3. The quantitative estimate of drug-likeness (QED) is 0.902. The summed E-state index contributed by atoms with van der Waals surface area (Å²) in [7, 11) is 1.69. The fraction of sp³-hybridized carbons (Fsp3) is 0.583. The first-order valence-corrected chi connectivity index (χ1v) is 7.62. The van der Waals surface area contributed by atoms with E-state index in [-0.39, 0.29) is 30.5 Å². The lowest BCUT2D eigenvalue weighted by Gasteiger charge is -2.38. The number of carbonyl (C=O) groups excluding carboxylic acids is 1. The number of nitrogens with zero attached hydrogens (tertiary/aromatic N) is 1. The number of likely N-dealkylation sites (tertiary alicyclic amines) is 1. The molecule has 4 nitrogen and oxygen atoms in total. The average molecular weight is 360 g/mol. The molecule has 8 heteroatoms. The highest BCUT2D eigenvalue weighted by Gasteiger charge is 2.32. The molecule has 0 aromatic carbocycles. The Morgan fingerprint density at radius 1 is 1.60 bits per heavy atom. The van der Waals surface area contributed by atoms with Gasteiger partial charge < -0.3 is 15.4 Å². The Balaban J connectivity index is 0.00000200. The molecule has 0 saturated carbocycles. The molecule has 114 valence electrons. The van der Waals surface area contributed by atoms with Gasteiger partial charge in [-0.3, -0.25) is 4.79 Å². The molecule has 0 radical (unpaired) electrons. The molecule has 1 fully saturated rings. The number of hydrogen-bond acceptors (Lipinski definition) is 4. The number of piperidine rings is 1. The Morgan fingerprint density at radius 2 is 2.30 bits per heavy atom. The summed E-state index contributed by atoms with van der Waals surface area (Å²) >= 11 is 13.1. The van der Waals surface area contributed by atoms with Gasteiger partial charge in [-0.05, 0) is 18.9 Å². The average Bonchev–Trinajstić information content (AvgIpc) is 2.76. The molecule has 1 aliphatic rings. The fourth-order valence-electron chi connectivity index (χ4n) is 2.36. The second kappa shape index (κ2) is 7.82. The van der Waals surface area contributed by atoms with Crippen LogP contribution >= 0.6 is 46.9 Å². The zero-order valence-electron chi connectivity index (χ0n) is 11.0. The Bertz CT molecular complexity index is 470. The number of carbonyl (C=O) groups is 1. The van der Waals surface area contributed by atoms with Crippen LogP contribution in [-0.2, 0) is 4.74 Å². The third-order valence-electron chi connectivity index (χ3n) is 3.42. The number of amides is 1. The number of methoxy groups -OCH3 is 1. The minimum absolute atomic E-state index is 0. The van der Waals surface area contributed by atoms with E-state index in [1.54, 1.807) is 18.1 Å². The molecule has 2 unspecified atom stereocenters. The van der Waals surface area contributed by atoms with E-state index >= 15 is 0 Å². The van der Waals surface area contributed by atoms with E-state index in [4.69, 9.17) is 33.7 Å². The molecule has 2 rings (SSSR count). The van der Waals surface area contributed by atoms with Gasteiger partial charge in [0.2, 0.25) is 0 Å². The summed E-state index contributed by atoms with van der Waals surface area (Å²) in [5, 5.41) is 0. The zero-order chi connectivity index (χ0) is 14.0. The third kappa shape index (κ3) is 3.78. The van der Waals surface area contributed by atoms with Crippen LogP contribution in [0.3, 0.4) is 0 Å². The van der Waals surface area contributed by atoms with Crippen molar-refractivity contribution in [2.24, 2.45) is 5.73 Å². The van der Waals surface area contributed by atoms with E-state index in [0.29, 0.717) is 27.3 Å². The van der Waals surface area contributed by atoms with Crippen LogP contribution in [0.2, 0.25) is 8.67 Å². The predicted octanol–water partition coefficient (Wildman–Crippen LogP) is 3.06. The molecular weight excluding hydrogens is 343 g/mol. The first-order chi connectivity index (χ1) is 9.06. The Morgan fingerprint density at radius 3 is 2.80 bits per heavy atom. The summed E-state index contributed by atoms with van der Waals surface area (Å²) in [4.78, 5) is 14.3. The maximum Gasteiger partial charge on any atom is 0.256 e. The van der Waals surface area contributed by atoms with Gasteiger partial charge in [-0.15, -0.1) is 23.7 Å². The molecule has 1 aliphatic heterocycles. The summed E-state index contributed by atoms with van der Waals surface area (Å²) in [6.07, 6.45) is 1.74. The summed E-state index contributed by atoms with van der Waals surface area (Å²) < 4.78 is 6.29. The van der Waals surface area contributed by atoms with Crippen molar-refractivity contribution in [1.82, 2.24) is 4.90 Å². The van der Waals surface area contributed by atoms with Gasteiger partial charge in [-0.25, -0.2) is 0 Å². The molecule has 1 saturated heterocycles. The first kappa shape index (κ1) is 18.0. The van der Waals surface area contributed by atoms with Crippen LogP contribution in [0, 0.1) is 0 Å². The number of hydrogen-bond donors (Lipinski definition) is 1. The van der Waals surface area contributed by atoms with Gasteiger partial charge >= 0.3 is 0 Å². The van der Waals surface area contributed by atoms with E-state index in [1.165, 1.54) is 11.3 Å². The van der Waals surface area contributed by atoms with Crippen LogP contribution < -0.4 is 5.73 Å². The molecular formula is C12H17Cl3N2O2S. The minimum atomic E-state index is -0.0989. The topological polar surface area (TPSA) is 55.6 Å². The van der Waals surface area contributed by atoms with Crippen LogP contribution in [0.1, 0.15) is 23.2 Å². The normalized spacial score (nSPS) is 22.5. The molecule has 0 aliphatic carbocycles. The highest BCUT2D eigenvalue weighted by Crippen LogP contribution is 2.33. The molecule has 1 aromatic heterocycles. The van der Waals surface area contributed by atoms with Crippen LogP contribution in [0.25, 0.3) is 0 Å². The van der Waals surface area contributed by atoms with Gasteiger partial charge in [-0.2, -0.15) is 0 Å². The minimum Gasteiger partial charge on any atom is -0.381 e. The second-order valence-electron chi connectivity index (χ2n) is 4.51. The van der Waals surface area contributed by atoms with Crippen molar-refractivity contribution in [2.45, 2.75) is 25.0 Å². The Kier molecular flexibility index (Phi) is 7.04. The van der Waals surface area contributed by atoms with E-state index in [2.05, 4.69) is 0 Å². The highest BCUT2D eigenvalue weighted by molar-refractivity contribution is 7.20. The molecule has 2 atom stereocenters. The van der Waals surface area contributed by atoms with E-state index < -0.39 is 0 Å². The van der Waals surface area contributed by atoms with Gasteiger partial charge in [0.25, 0.3) is 5.91 Å². The summed E-state index contributed by atoms with van der Waals surface area (Å²) in [6, 6.07) is 1.60. The molecule has 1 aromatic rings. The predicted molar refractivity (Wildman–Crippen MR) is 85.5 cm³/mol. The Hall–Kier alpha value is -0.0400. The maximum absolute atomic E-state index is 12.5. The van der Waals surface area contributed by atoms with E-state index in [1.807, 2.05) is 0 Å². The molecule has 0 spiro atoms. The van der Waals surface area contributed by atoms with Crippen LogP contribution in [-0.4, -0.2) is 43.2 Å². The number of nitrogens with two attached hydrogens (primary N) is 1. The lowest BCUT2D eigenvalue weighted by atomic mass is 9.98. The van der Waals surface area contributed by atoms with Crippen molar-refractivity contribution in [3.63, 3.8) is 0 Å². The second-order valence-corrected chi connectivity index (χ2v) is 6.79. The monoisotopic (exact) mass is 358 g/mol. The zero-order valence-corrected chi connectivity index (χ0v) is 14.1. The Labute approximate surface area is 138 Å². The van der Waals surface area contributed by atoms with Gasteiger partial charge in [0.1, 0.15) is 4.34 Å². The number of thiophene rings is 1. The number of ether oxygens (including phenoxy) is 1. The van der Waals surface area contributed by atoms with Gasteiger partial charge in [0, 0.05) is 26.2 Å². The maximum atomic E-state index is 12.5. The van der Waals surface area contributed by atoms with Crippen molar-refractivity contribution in [2.75, 3.05) is 20.2 Å². The molecule has 1 amide bonds. The van der Waals surface area contributed by atoms with Gasteiger partial charge in [0.15, 0.2) is 0 Å². The fourth-order valence-corrected chi connectivity index (χ4v) is 3.81. The standard InChI is InChI=1S/C12H16Cl2N2O2S.ClH/c1-18-8-2-3-16(7(4-8)6-15)12(17)9-5-10(13)19-11(9)14;/h5,7-8H,2-4,6,15H2,1H3;1H. The van der Waals surface area contributed by atoms with Crippen molar-refractivity contribution in [1.29, 1.82) is 0 Å². The van der Waals surface area contributed by atoms with Crippen LogP contribution in [0.5, 0.6) is 0 Å². The number of halogens is 3. The molecule has 20 heavy (non-hydrogen) atoms. The van der Waals surface area contributed by atoms with E-state index in [0.717, 1.165) is 12.8 Å². The van der Waals surface area contributed by atoms with Gasteiger partial charge in [-0.1, -0.05) is 23.2 Å². The van der Waals surface area contributed by atoms with Crippen LogP contribution in [0.4, 0.5) is 0 Å². The van der Waals surface area contributed by atoms with Crippen LogP contribution in [0.15, 0.2) is 6.07 Å². The molecule has 0 bridgehead atoms. The largest absolute Gasteiger partial charge is 0.381 e. The van der Waals surface area contributed by atoms with Crippen molar-refractivity contribution >= 4 is 52.9 Å². The SMILES string of the molecule is COC1CCN(C(=O)c2cc(Cl)sc2Cl)C(CN)C1.Cl. The van der Waals surface area contributed by atoms with Crippen molar-refractivity contribution in [3.8, 4) is 0 Å². The third-order valence-corrected chi connectivity index (χ3v) is 4.91. The first-order valence-electron chi connectivity index (χ1n) is 6.05. The van der Waals surface area contributed by atoms with Crippen molar-refractivity contribution < 1.29 is 9.53 Å². The lowest BCUT2D eigenvalue weighted by molar-refractivity contribution is 0.0139. The smallest absolute Gasteiger partial charge is 0.256 e. The van der Waals surface area contributed by atoms with Crippen molar-refractivity contribution in [3.05, 3.63) is 20.3 Å². The highest BCUT2D eigenvalue weighted by atomic mass is 35.5. The van der Waals surface area contributed by atoms with Gasteiger partial charge in [0.05, 0.1) is 16.0 Å². The molecule has 2 heterocycles. The molecule has 2 N–H and O–H groups in total.